The Hall–Kier alpha value is -0.340. The molecule has 80 valence electrons. The van der Waals surface area contributed by atoms with Crippen LogP contribution in [0.5, 0.6) is 0 Å². The van der Waals surface area contributed by atoms with E-state index in [1.807, 2.05) is 11.3 Å². The zero-order chi connectivity index (χ0) is 10.4. The third kappa shape index (κ3) is 4.77. The van der Waals surface area contributed by atoms with Gasteiger partial charge in [-0.3, -0.25) is 0 Å². The predicted octanol–water partition coefficient (Wildman–Crippen LogP) is 3.66. The molecule has 1 aromatic rings. The maximum atomic E-state index is 3.55. The van der Waals surface area contributed by atoms with Crippen LogP contribution in [0.3, 0.4) is 0 Å². The smallest absolute Gasteiger partial charge is 0.0302 e. The lowest BCUT2D eigenvalue weighted by atomic mass is 10.0. The topological polar surface area (TPSA) is 12.0 Å². The quantitative estimate of drug-likeness (QED) is 0.757. The molecule has 14 heavy (non-hydrogen) atoms. The SMILES string of the molecule is CC(C)CC[C@H](C)NCc1cccs1. The first-order chi connectivity index (χ1) is 6.68. The van der Waals surface area contributed by atoms with Gasteiger partial charge in [-0.25, -0.2) is 0 Å². The Morgan fingerprint density at radius 1 is 1.29 bits per heavy atom. The van der Waals surface area contributed by atoms with Gasteiger partial charge in [0.1, 0.15) is 0 Å². The third-order valence-electron chi connectivity index (χ3n) is 2.38. The minimum Gasteiger partial charge on any atom is -0.309 e. The van der Waals surface area contributed by atoms with Crippen molar-refractivity contribution in [1.82, 2.24) is 5.32 Å². The van der Waals surface area contributed by atoms with Gasteiger partial charge >= 0.3 is 0 Å². The minimum atomic E-state index is 0.638. The van der Waals surface area contributed by atoms with Crippen LogP contribution in [0.4, 0.5) is 0 Å². The van der Waals surface area contributed by atoms with E-state index >= 15 is 0 Å². The molecule has 0 unspecified atom stereocenters. The molecule has 1 atom stereocenters. The molecule has 0 aliphatic heterocycles. The second-order valence-corrected chi connectivity index (χ2v) is 5.36. The maximum Gasteiger partial charge on any atom is 0.0302 e. The molecule has 2 heteroatoms. The molecule has 1 heterocycles. The molecule has 1 aromatic heterocycles. The highest BCUT2D eigenvalue weighted by Crippen LogP contribution is 2.10. The number of hydrogen-bond acceptors (Lipinski definition) is 2. The lowest BCUT2D eigenvalue weighted by Gasteiger charge is -2.14. The second kappa shape index (κ2) is 6.20. The van der Waals surface area contributed by atoms with Gasteiger partial charge in [-0.2, -0.15) is 0 Å². The summed E-state index contributed by atoms with van der Waals surface area (Å²) in [5.74, 6) is 0.820. The van der Waals surface area contributed by atoms with Crippen LogP contribution >= 0.6 is 11.3 Å². The van der Waals surface area contributed by atoms with E-state index in [4.69, 9.17) is 0 Å². The van der Waals surface area contributed by atoms with Gasteiger partial charge in [0.05, 0.1) is 0 Å². The van der Waals surface area contributed by atoms with E-state index in [1.165, 1.54) is 17.7 Å². The fourth-order valence-corrected chi connectivity index (χ4v) is 2.03. The Labute approximate surface area is 91.5 Å². The molecule has 0 saturated heterocycles. The first kappa shape index (κ1) is 11.7. The highest BCUT2D eigenvalue weighted by atomic mass is 32.1. The molecule has 0 amide bonds. The molecule has 1 N–H and O–H groups in total. The molecule has 0 aromatic carbocycles. The van der Waals surface area contributed by atoms with Crippen LogP contribution < -0.4 is 5.32 Å². The highest BCUT2D eigenvalue weighted by molar-refractivity contribution is 7.09. The summed E-state index contributed by atoms with van der Waals surface area (Å²) < 4.78 is 0. The third-order valence-corrected chi connectivity index (χ3v) is 3.26. The van der Waals surface area contributed by atoms with E-state index < -0.39 is 0 Å². The van der Waals surface area contributed by atoms with Crippen LogP contribution in [0.15, 0.2) is 17.5 Å². The van der Waals surface area contributed by atoms with Crippen molar-refractivity contribution >= 4 is 11.3 Å². The second-order valence-electron chi connectivity index (χ2n) is 4.33. The summed E-state index contributed by atoms with van der Waals surface area (Å²) in [5.41, 5.74) is 0. The Morgan fingerprint density at radius 2 is 2.07 bits per heavy atom. The van der Waals surface area contributed by atoms with Crippen molar-refractivity contribution in [2.75, 3.05) is 0 Å². The van der Waals surface area contributed by atoms with Gasteiger partial charge in [0, 0.05) is 17.5 Å². The van der Waals surface area contributed by atoms with E-state index in [9.17, 15) is 0 Å². The fourth-order valence-electron chi connectivity index (χ4n) is 1.37. The van der Waals surface area contributed by atoms with Crippen molar-refractivity contribution in [1.29, 1.82) is 0 Å². The Bertz CT molecular complexity index is 228. The lowest BCUT2D eigenvalue weighted by Crippen LogP contribution is -2.25. The highest BCUT2D eigenvalue weighted by Gasteiger charge is 2.03. The maximum absolute atomic E-state index is 3.55. The molecule has 0 spiro atoms. The first-order valence-electron chi connectivity index (χ1n) is 5.44. The van der Waals surface area contributed by atoms with E-state index in [0.717, 1.165) is 12.5 Å². The zero-order valence-electron chi connectivity index (χ0n) is 9.42. The summed E-state index contributed by atoms with van der Waals surface area (Å²) in [6.07, 6.45) is 2.60. The molecule has 1 rings (SSSR count). The number of thiophene rings is 1. The molecular weight excluding hydrogens is 190 g/mol. The van der Waals surface area contributed by atoms with Crippen LogP contribution in [-0.4, -0.2) is 6.04 Å². The number of hydrogen-bond donors (Lipinski definition) is 1. The molecule has 0 aliphatic rings. The van der Waals surface area contributed by atoms with Gasteiger partial charge in [-0.05, 0) is 37.1 Å². The van der Waals surface area contributed by atoms with Crippen LogP contribution in [0.2, 0.25) is 0 Å². The standard InChI is InChI=1S/C12H21NS/c1-10(2)6-7-11(3)13-9-12-5-4-8-14-12/h4-5,8,10-11,13H,6-7,9H2,1-3H3/t11-/m0/s1. The first-order valence-corrected chi connectivity index (χ1v) is 6.32. The van der Waals surface area contributed by atoms with Crippen molar-refractivity contribution in [3.8, 4) is 0 Å². The van der Waals surface area contributed by atoms with Gasteiger partial charge in [0.2, 0.25) is 0 Å². The number of rotatable bonds is 6. The fraction of sp³-hybridized carbons (Fsp3) is 0.667. The monoisotopic (exact) mass is 211 g/mol. The molecule has 0 aliphatic carbocycles. The summed E-state index contributed by atoms with van der Waals surface area (Å²) in [6.45, 7) is 7.87. The normalized spacial score (nSPS) is 13.4. The molecular formula is C12H21NS. The van der Waals surface area contributed by atoms with E-state index in [0.29, 0.717) is 6.04 Å². The van der Waals surface area contributed by atoms with Gasteiger partial charge in [-0.15, -0.1) is 11.3 Å². The molecule has 0 bridgehead atoms. The van der Waals surface area contributed by atoms with Crippen LogP contribution in [0.1, 0.15) is 38.5 Å². The lowest BCUT2D eigenvalue weighted by molar-refractivity contribution is 0.452. The Kier molecular flexibility index (Phi) is 5.20. The molecule has 0 saturated carbocycles. The Morgan fingerprint density at radius 3 is 2.64 bits per heavy atom. The van der Waals surface area contributed by atoms with Crippen molar-refractivity contribution in [2.24, 2.45) is 5.92 Å². The van der Waals surface area contributed by atoms with E-state index in [2.05, 4.69) is 43.6 Å². The average molecular weight is 211 g/mol. The average Bonchev–Trinajstić information content (AvgIpc) is 2.63. The zero-order valence-corrected chi connectivity index (χ0v) is 10.2. The summed E-state index contributed by atoms with van der Waals surface area (Å²) in [7, 11) is 0. The van der Waals surface area contributed by atoms with Crippen molar-refractivity contribution < 1.29 is 0 Å². The van der Waals surface area contributed by atoms with E-state index in [-0.39, 0.29) is 0 Å². The minimum absolute atomic E-state index is 0.638. The van der Waals surface area contributed by atoms with Crippen molar-refractivity contribution in [3.05, 3.63) is 22.4 Å². The largest absolute Gasteiger partial charge is 0.309 e. The Balaban J connectivity index is 2.12. The summed E-state index contributed by atoms with van der Waals surface area (Å²) in [6, 6.07) is 4.94. The molecule has 1 nitrogen and oxygen atoms in total. The van der Waals surface area contributed by atoms with Crippen LogP contribution in [0.25, 0.3) is 0 Å². The van der Waals surface area contributed by atoms with Gasteiger partial charge in [0.25, 0.3) is 0 Å². The van der Waals surface area contributed by atoms with Crippen molar-refractivity contribution in [2.45, 2.75) is 46.2 Å². The van der Waals surface area contributed by atoms with Gasteiger partial charge in [-0.1, -0.05) is 19.9 Å². The van der Waals surface area contributed by atoms with Gasteiger partial charge in [0.15, 0.2) is 0 Å². The van der Waals surface area contributed by atoms with E-state index in [1.54, 1.807) is 0 Å². The molecule has 0 fully saturated rings. The summed E-state index contributed by atoms with van der Waals surface area (Å²) in [4.78, 5) is 1.43. The predicted molar refractivity (Wildman–Crippen MR) is 64.7 cm³/mol. The van der Waals surface area contributed by atoms with Crippen LogP contribution in [-0.2, 0) is 6.54 Å². The molecule has 0 radical (unpaired) electrons. The summed E-state index contributed by atoms with van der Waals surface area (Å²) >= 11 is 1.83. The summed E-state index contributed by atoms with van der Waals surface area (Å²) in [5, 5.41) is 5.69. The van der Waals surface area contributed by atoms with Gasteiger partial charge < -0.3 is 5.32 Å². The van der Waals surface area contributed by atoms with Crippen molar-refractivity contribution in [3.63, 3.8) is 0 Å². The van der Waals surface area contributed by atoms with Crippen LogP contribution in [0, 0.1) is 5.92 Å². The number of nitrogens with one attached hydrogen (secondary N) is 1.